The molecule has 1 aliphatic heterocycles. The second kappa shape index (κ2) is 5.47. The van der Waals surface area contributed by atoms with Crippen molar-refractivity contribution in [3.05, 3.63) is 47.2 Å². The van der Waals surface area contributed by atoms with Crippen LogP contribution in [0, 0.1) is 6.92 Å². The van der Waals surface area contributed by atoms with Crippen LogP contribution in [-0.4, -0.2) is 16.2 Å². The summed E-state index contributed by atoms with van der Waals surface area (Å²) in [6, 6.07) is 9.03. The van der Waals surface area contributed by atoms with Gasteiger partial charge in [0.15, 0.2) is 0 Å². The van der Waals surface area contributed by atoms with Crippen molar-refractivity contribution in [1.29, 1.82) is 0 Å². The third-order valence-electron chi connectivity index (χ3n) is 4.05. The summed E-state index contributed by atoms with van der Waals surface area (Å²) < 4.78 is 28.1. The van der Waals surface area contributed by atoms with Gasteiger partial charge in [-0.3, -0.25) is 0 Å². The molecular formula is C16H19F2N3. The topological polar surface area (TPSA) is 29.9 Å². The van der Waals surface area contributed by atoms with Crippen LogP contribution in [-0.2, 0) is 6.42 Å². The monoisotopic (exact) mass is 291 g/mol. The van der Waals surface area contributed by atoms with Gasteiger partial charge in [0.25, 0.3) is 6.43 Å². The van der Waals surface area contributed by atoms with Crippen LogP contribution >= 0.6 is 0 Å². The fourth-order valence-electron chi connectivity index (χ4n) is 2.87. The third kappa shape index (κ3) is 2.64. The molecule has 0 bridgehead atoms. The van der Waals surface area contributed by atoms with Crippen LogP contribution in [0.2, 0.25) is 0 Å². The van der Waals surface area contributed by atoms with E-state index in [9.17, 15) is 8.78 Å². The molecule has 21 heavy (non-hydrogen) atoms. The Morgan fingerprint density at radius 3 is 2.67 bits per heavy atom. The van der Waals surface area contributed by atoms with Crippen molar-refractivity contribution in [3.63, 3.8) is 0 Å². The molecule has 0 aliphatic carbocycles. The van der Waals surface area contributed by atoms with Crippen LogP contribution in [0.1, 0.15) is 42.2 Å². The largest absolute Gasteiger partial charge is 0.363 e. The van der Waals surface area contributed by atoms with Crippen molar-refractivity contribution >= 4 is 5.82 Å². The minimum atomic E-state index is -2.41. The van der Waals surface area contributed by atoms with E-state index in [1.807, 2.05) is 25.1 Å². The molecule has 0 saturated heterocycles. The molecular weight excluding hydrogens is 272 g/mol. The second-order valence-corrected chi connectivity index (χ2v) is 5.55. The standard InChI is InChI=1S/C16H19F2N3/c1-3-11-4-6-12(7-5-11)13-9-14(16(17)18)21-15(19-13)8-10(2)20-21/h4-8,13-14,16,19H,3,9H2,1-2H3/t13-,14-/m1/s1. The molecule has 0 fully saturated rings. The summed E-state index contributed by atoms with van der Waals surface area (Å²) in [5.74, 6) is 0.675. The summed E-state index contributed by atoms with van der Waals surface area (Å²) in [5, 5.41) is 7.51. The quantitative estimate of drug-likeness (QED) is 0.922. The Balaban J connectivity index is 1.91. The number of fused-ring (bicyclic) bond motifs is 1. The van der Waals surface area contributed by atoms with Crippen molar-refractivity contribution in [2.24, 2.45) is 0 Å². The molecule has 0 spiro atoms. The molecule has 1 N–H and O–H groups in total. The Labute approximate surface area is 123 Å². The van der Waals surface area contributed by atoms with E-state index in [0.717, 1.165) is 17.7 Å². The van der Waals surface area contributed by atoms with Gasteiger partial charge in [-0.05, 0) is 30.9 Å². The van der Waals surface area contributed by atoms with Crippen molar-refractivity contribution in [2.75, 3.05) is 5.32 Å². The van der Waals surface area contributed by atoms with Gasteiger partial charge < -0.3 is 5.32 Å². The highest BCUT2D eigenvalue weighted by molar-refractivity contribution is 5.43. The fraction of sp³-hybridized carbons (Fsp3) is 0.438. The number of aromatic nitrogens is 2. The van der Waals surface area contributed by atoms with Crippen LogP contribution in [0.15, 0.2) is 30.3 Å². The van der Waals surface area contributed by atoms with Gasteiger partial charge in [-0.1, -0.05) is 31.2 Å². The molecule has 0 unspecified atom stereocenters. The molecule has 1 aromatic heterocycles. The van der Waals surface area contributed by atoms with E-state index >= 15 is 0 Å². The zero-order chi connectivity index (χ0) is 15.0. The maximum absolute atomic E-state index is 13.3. The smallest absolute Gasteiger partial charge is 0.260 e. The first-order chi connectivity index (χ1) is 10.1. The number of halogens is 2. The lowest BCUT2D eigenvalue weighted by Crippen LogP contribution is -2.30. The number of hydrogen-bond donors (Lipinski definition) is 1. The predicted molar refractivity (Wildman–Crippen MR) is 78.8 cm³/mol. The lowest BCUT2D eigenvalue weighted by Gasteiger charge is -2.32. The highest BCUT2D eigenvalue weighted by Crippen LogP contribution is 2.38. The maximum atomic E-state index is 13.3. The molecule has 0 amide bonds. The number of aryl methyl sites for hydroxylation is 2. The van der Waals surface area contributed by atoms with E-state index in [1.54, 1.807) is 0 Å². The molecule has 5 heteroatoms. The highest BCUT2D eigenvalue weighted by Gasteiger charge is 2.34. The Bertz CT molecular complexity index is 619. The van der Waals surface area contributed by atoms with E-state index in [0.29, 0.717) is 12.2 Å². The Morgan fingerprint density at radius 1 is 1.33 bits per heavy atom. The zero-order valence-corrected chi connectivity index (χ0v) is 12.2. The van der Waals surface area contributed by atoms with Crippen LogP contribution in [0.5, 0.6) is 0 Å². The van der Waals surface area contributed by atoms with E-state index in [4.69, 9.17) is 0 Å². The Hall–Kier alpha value is -1.91. The van der Waals surface area contributed by atoms with Gasteiger partial charge in [-0.2, -0.15) is 5.10 Å². The number of benzene rings is 1. The maximum Gasteiger partial charge on any atom is 0.260 e. The van der Waals surface area contributed by atoms with Crippen LogP contribution < -0.4 is 5.32 Å². The molecule has 3 nitrogen and oxygen atoms in total. The van der Waals surface area contributed by atoms with E-state index < -0.39 is 12.5 Å². The summed E-state index contributed by atoms with van der Waals surface area (Å²) in [6.45, 7) is 3.92. The van der Waals surface area contributed by atoms with Gasteiger partial charge in [-0.15, -0.1) is 0 Å². The summed E-state index contributed by atoms with van der Waals surface area (Å²) in [6.07, 6.45) is -1.09. The minimum Gasteiger partial charge on any atom is -0.363 e. The third-order valence-corrected chi connectivity index (χ3v) is 4.05. The lowest BCUT2D eigenvalue weighted by molar-refractivity contribution is 0.0657. The first kappa shape index (κ1) is 14.0. The number of hydrogen-bond acceptors (Lipinski definition) is 2. The molecule has 2 atom stereocenters. The van der Waals surface area contributed by atoms with Crippen LogP contribution in [0.25, 0.3) is 0 Å². The molecule has 0 saturated carbocycles. The van der Waals surface area contributed by atoms with Crippen molar-refractivity contribution in [2.45, 2.75) is 45.2 Å². The molecule has 3 rings (SSSR count). The minimum absolute atomic E-state index is 0.0986. The van der Waals surface area contributed by atoms with Crippen LogP contribution in [0.3, 0.4) is 0 Å². The Morgan fingerprint density at radius 2 is 2.05 bits per heavy atom. The van der Waals surface area contributed by atoms with E-state index in [-0.39, 0.29) is 6.04 Å². The first-order valence-electron chi connectivity index (χ1n) is 7.28. The molecule has 2 heterocycles. The van der Waals surface area contributed by atoms with Gasteiger partial charge in [0.1, 0.15) is 11.9 Å². The van der Waals surface area contributed by atoms with Gasteiger partial charge >= 0.3 is 0 Å². The number of rotatable bonds is 3. The average Bonchev–Trinajstić information content (AvgIpc) is 2.86. The molecule has 112 valence electrons. The number of alkyl halides is 2. The van der Waals surface area contributed by atoms with Gasteiger partial charge in [0.05, 0.1) is 11.7 Å². The van der Waals surface area contributed by atoms with Gasteiger partial charge in [-0.25, -0.2) is 13.5 Å². The molecule has 1 aliphatic rings. The summed E-state index contributed by atoms with van der Waals surface area (Å²) in [4.78, 5) is 0. The summed E-state index contributed by atoms with van der Waals surface area (Å²) in [7, 11) is 0. The van der Waals surface area contributed by atoms with Gasteiger partial charge in [0.2, 0.25) is 0 Å². The fourth-order valence-corrected chi connectivity index (χ4v) is 2.87. The van der Waals surface area contributed by atoms with Crippen molar-refractivity contribution < 1.29 is 8.78 Å². The number of nitrogens with one attached hydrogen (secondary N) is 1. The summed E-state index contributed by atoms with van der Waals surface area (Å²) in [5.41, 5.74) is 3.05. The Kier molecular flexibility index (Phi) is 3.66. The van der Waals surface area contributed by atoms with E-state index in [1.165, 1.54) is 10.2 Å². The van der Waals surface area contributed by atoms with Crippen LogP contribution in [0.4, 0.5) is 14.6 Å². The van der Waals surface area contributed by atoms with Gasteiger partial charge in [0, 0.05) is 6.07 Å². The highest BCUT2D eigenvalue weighted by atomic mass is 19.3. The van der Waals surface area contributed by atoms with Crippen molar-refractivity contribution in [3.8, 4) is 0 Å². The van der Waals surface area contributed by atoms with Crippen molar-refractivity contribution in [1.82, 2.24) is 9.78 Å². The molecule has 0 radical (unpaired) electrons. The lowest BCUT2D eigenvalue weighted by atomic mass is 9.96. The number of nitrogens with zero attached hydrogens (tertiary/aromatic N) is 2. The normalized spacial score (nSPS) is 21.2. The summed E-state index contributed by atoms with van der Waals surface area (Å²) >= 11 is 0. The SMILES string of the molecule is CCc1ccc([C@H]2C[C@H](C(F)F)n3nc(C)cc3N2)cc1. The first-order valence-corrected chi connectivity index (χ1v) is 7.28. The second-order valence-electron chi connectivity index (χ2n) is 5.55. The van der Waals surface area contributed by atoms with E-state index in [2.05, 4.69) is 29.5 Å². The predicted octanol–water partition coefficient (Wildman–Crippen LogP) is 4.12. The zero-order valence-electron chi connectivity index (χ0n) is 12.2. The molecule has 2 aromatic rings. The number of anilines is 1. The average molecular weight is 291 g/mol. The molecule has 1 aromatic carbocycles.